The summed E-state index contributed by atoms with van der Waals surface area (Å²) in [6.45, 7) is 7.19. The number of esters is 1. The predicted octanol–water partition coefficient (Wildman–Crippen LogP) is 4.78. The van der Waals surface area contributed by atoms with E-state index in [0.29, 0.717) is 37.4 Å². The van der Waals surface area contributed by atoms with E-state index in [4.69, 9.17) is 14.5 Å². The molecule has 1 aromatic carbocycles. The Balaban J connectivity index is 1.55. The van der Waals surface area contributed by atoms with Gasteiger partial charge in [0.1, 0.15) is 16.4 Å². The lowest BCUT2D eigenvalue weighted by molar-refractivity contribution is -0.145. The molecule has 7 heteroatoms. The molecule has 0 saturated heterocycles. The molecule has 0 fully saturated rings. The van der Waals surface area contributed by atoms with Crippen LogP contribution in [0.25, 0.3) is 10.2 Å². The van der Waals surface area contributed by atoms with Crippen LogP contribution in [0.1, 0.15) is 60.9 Å². The number of ether oxygens (including phenoxy) is 2. The molecule has 6 nitrogen and oxygen atoms in total. The zero-order chi connectivity index (χ0) is 22.7. The molecule has 0 radical (unpaired) electrons. The standard InChI is InChI=1S/C25H30N2O4S/c1-4-17-10-12-18(13-11-17)31-15-7-14-27-16(3)26-23-22(24(27)28)21-19(25(29)30-5-2)8-6-9-20(21)32-23/h10-13,19H,4-9,14-15H2,1-3H3. The van der Waals surface area contributed by atoms with Crippen LogP contribution < -0.4 is 10.3 Å². The minimum Gasteiger partial charge on any atom is -0.494 e. The van der Waals surface area contributed by atoms with E-state index in [9.17, 15) is 9.59 Å². The summed E-state index contributed by atoms with van der Waals surface area (Å²) in [5.41, 5.74) is 2.07. The normalized spacial score (nSPS) is 15.5. The number of aromatic nitrogens is 2. The maximum atomic E-state index is 13.5. The molecule has 0 bridgehead atoms. The van der Waals surface area contributed by atoms with Gasteiger partial charge in [0.05, 0.1) is 24.5 Å². The maximum absolute atomic E-state index is 13.5. The molecule has 0 spiro atoms. The Kier molecular flexibility index (Phi) is 6.94. The Morgan fingerprint density at radius 3 is 2.75 bits per heavy atom. The van der Waals surface area contributed by atoms with Crippen molar-refractivity contribution < 1.29 is 14.3 Å². The van der Waals surface area contributed by atoms with Gasteiger partial charge in [-0.2, -0.15) is 0 Å². The summed E-state index contributed by atoms with van der Waals surface area (Å²) in [7, 11) is 0. The fraction of sp³-hybridized carbons (Fsp3) is 0.480. The summed E-state index contributed by atoms with van der Waals surface area (Å²) in [6.07, 6.45) is 4.22. The van der Waals surface area contributed by atoms with Crippen molar-refractivity contribution in [3.63, 3.8) is 0 Å². The molecule has 0 amide bonds. The highest BCUT2D eigenvalue weighted by atomic mass is 32.1. The van der Waals surface area contributed by atoms with Crippen LogP contribution >= 0.6 is 11.3 Å². The number of hydrogen-bond acceptors (Lipinski definition) is 6. The van der Waals surface area contributed by atoms with Crippen LogP contribution in [0.5, 0.6) is 5.75 Å². The van der Waals surface area contributed by atoms with Crippen LogP contribution in [0.15, 0.2) is 29.1 Å². The van der Waals surface area contributed by atoms with Gasteiger partial charge in [-0.25, -0.2) is 4.98 Å². The molecule has 2 heterocycles. The van der Waals surface area contributed by atoms with Crippen molar-refractivity contribution in [2.45, 2.75) is 65.3 Å². The van der Waals surface area contributed by atoms with E-state index in [1.807, 2.05) is 26.0 Å². The van der Waals surface area contributed by atoms with Gasteiger partial charge in [0.25, 0.3) is 5.56 Å². The van der Waals surface area contributed by atoms with Gasteiger partial charge in [0, 0.05) is 11.4 Å². The molecule has 1 atom stereocenters. The summed E-state index contributed by atoms with van der Waals surface area (Å²) in [6, 6.07) is 8.11. The average Bonchev–Trinajstić information content (AvgIpc) is 3.17. The van der Waals surface area contributed by atoms with Crippen molar-refractivity contribution >= 4 is 27.5 Å². The molecule has 1 aliphatic carbocycles. The summed E-state index contributed by atoms with van der Waals surface area (Å²) in [5.74, 6) is 0.930. The predicted molar refractivity (Wildman–Crippen MR) is 127 cm³/mol. The van der Waals surface area contributed by atoms with Crippen LogP contribution in [0.4, 0.5) is 0 Å². The van der Waals surface area contributed by atoms with Crippen molar-refractivity contribution in [3.05, 3.63) is 56.4 Å². The third-order valence-electron chi connectivity index (χ3n) is 6.06. The summed E-state index contributed by atoms with van der Waals surface area (Å²) < 4.78 is 12.9. The lowest BCUT2D eigenvalue weighted by Crippen LogP contribution is -2.27. The van der Waals surface area contributed by atoms with E-state index in [2.05, 4.69) is 19.1 Å². The van der Waals surface area contributed by atoms with Gasteiger partial charge < -0.3 is 9.47 Å². The third kappa shape index (κ3) is 4.44. The molecule has 0 aliphatic heterocycles. The Hall–Kier alpha value is -2.67. The second kappa shape index (κ2) is 9.86. The van der Waals surface area contributed by atoms with Crippen LogP contribution in [0.3, 0.4) is 0 Å². The Morgan fingerprint density at radius 1 is 1.25 bits per heavy atom. The van der Waals surface area contributed by atoms with Crippen molar-refractivity contribution in [3.8, 4) is 5.75 Å². The van der Waals surface area contributed by atoms with Crippen LogP contribution in [-0.2, 0) is 28.9 Å². The topological polar surface area (TPSA) is 70.4 Å². The highest BCUT2D eigenvalue weighted by Crippen LogP contribution is 2.41. The van der Waals surface area contributed by atoms with Crippen molar-refractivity contribution in [2.75, 3.05) is 13.2 Å². The van der Waals surface area contributed by atoms with E-state index in [1.54, 1.807) is 15.9 Å². The fourth-order valence-corrected chi connectivity index (χ4v) is 5.70. The molecule has 170 valence electrons. The monoisotopic (exact) mass is 454 g/mol. The second-order valence-electron chi connectivity index (χ2n) is 8.13. The van der Waals surface area contributed by atoms with E-state index < -0.39 is 0 Å². The SMILES string of the molecule is CCOC(=O)C1CCCc2sc3nc(C)n(CCCOc4ccc(CC)cc4)c(=O)c3c21. The number of nitrogens with zero attached hydrogens (tertiary/aromatic N) is 2. The number of hydrogen-bond donors (Lipinski definition) is 0. The number of carbonyl (C=O) groups excluding carboxylic acids is 1. The largest absolute Gasteiger partial charge is 0.494 e. The zero-order valence-corrected chi connectivity index (χ0v) is 19.8. The second-order valence-corrected chi connectivity index (χ2v) is 9.21. The molecular formula is C25H30N2O4S. The number of benzene rings is 1. The van der Waals surface area contributed by atoms with Gasteiger partial charge in [-0.3, -0.25) is 14.2 Å². The van der Waals surface area contributed by atoms with E-state index in [0.717, 1.165) is 46.7 Å². The molecule has 0 N–H and O–H groups in total. The Morgan fingerprint density at radius 2 is 2.03 bits per heavy atom. The summed E-state index contributed by atoms with van der Waals surface area (Å²) in [5, 5.41) is 0.601. The van der Waals surface area contributed by atoms with Gasteiger partial charge in [-0.1, -0.05) is 19.1 Å². The maximum Gasteiger partial charge on any atom is 0.313 e. The highest BCUT2D eigenvalue weighted by molar-refractivity contribution is 7.18. The molecule has 3 aromatic rings. The smallest absolute Gasteiger partial charge is 0.313 e. The van der Waals surface area contributed by atoms with E-state index >= 15 is 0 Å². The van der Waals surface area contributed by atoms with Crippen molar-refractivity contribution in [1.82, 2.24) is 9.55 Å². The van der Waals surface area contributed by atoms with E-state index in [-0.39, 0.29) is 17.4 Å². The van der Waals surface area contributed by atoms with Crippen LogP contribution in [0.2, 0.25) is 0 Å². The zero-order valence-electron chi connectivity index (χ0n) is 19.0. The molecule has 0 saturated carbocycles. The number of thiophene rings is 1. The highest BCUT2D eigenvalue weighted by Gasteiger charge is 2.33. The Bertz CT molecular complexity index is 1160. The van der Waals surface area contributed by atoms with Crippen LogP contribution in [0, 0.1) is 6.92 Å². The molecular weight excluding hydrogens is 424 g/mol. The van der Waals surface area contributed by atoms with Gasteiger partial charge in [0.2, 0.25) is 0 Å². The first-order chi connectivity index (χ1) is 15.5. The first-order valence-corrected chi connectivity index (χ1v) is 12.3. The number of fused-ring (bicyclic) bond motifs is 3. The first kappa shape index (κ1) is 22.5. The number of carbonyl (C=O) groups is 1. The molecule has 32 heavy (non-hydrogen) atoms. The van der Waals surface area contributed by atoms with E-state index in [1.165, 1.54) is 5.56 Å². The van der Waals surface area contributed by atoms with Gasteiger partial charge in [-0.05, 0) is 69.2 Å². The quantitative estimate of drug-likeness (QED) is 0.362. The van der Waals surface area contributed by atoms with Crippen LogP contribution in [-0.4, -0.2) is 28.7 Å². The third-order valence-corrected chi connectivity index (χ3v) is 7.22. The minimum absolute atomic E-state index is 0.0616. The molecule has 1 aliphatic rings. The fourth-order valence-electron chi connectivity index (χ4n) is 4.39. The van der Waals surface area contributed by atoms with Gasteiger partial charge >= 0.3 is 5.97 Å². The molecule has 4 rings (SSSR count). The lowest BCUT2D eigenvalue weighted by atomic mass is 9.86. The van der Waals surface area contributed by atoms with Crippen molar-refractivity contribution in [2.24, 2.45) is 0 Å². The average molecular weight is 455 g/mol. The molecule has 2 aromatic heterocycles. The lowest BCUT2D eigenvalue weighted by Gasteiger charge is -2.21. The number of rotatable bonds is 8. The molecule has 1 unspecified atom stereocenters. The Labute approximate surface area is 192 Å². The summed E-state index contributed by atoms with van der Waals surface area (Å²) >= 11 is 1.55. The summed E-state index contributed by atoms with van der Waals surface area (Å²) in [4.78, 5) is 32.6. The van der Waals surface area contributed by atoms with Gasteiger partial charge in [-0.15, -0.1) is 11.3 Å². The number of aryl methyl sites for hydroxylation is 3. The van der Waals surface area contributed by atoms with Crippen molar-refractivity contribution in [1.29, 1.82) is 0 Å². The van der Waals surface area contributed by atoms with Gasteiger partial charge in [0.15, 0.2) is 0 Å². The minimum atomic E-state index is -0.368. The first-order valence-electron chi connectivity index (χ1n) is 11.4.